The van der Waals surface area contributed by atoms with Gasteiger partial charge in [-0.2, -0.15) is 4.37 Å². The number of carbonyl (C=O) groups is 2. The highest BCUT2D eigenvalue weighted by atomic mass is 32.1. The van der Waals surface area contributed by atoms with Crippen molar-refractivity contribution in [1.29, 1.82) is 0 Å². The number of nitrogens with one attached hydrogen (secondary N) is 2. The minimum Gasteiger partial charge on any atom is -0.454 e. The smallest absolute Gasteiger partial charge is 0.273 e. The average Bonchev–Trinajstić information content (AvgIpc) is 3.37. The monoisotopic (exact) mass is 410 g/mol. The lowest BCUT2D eigenvalue weighted by molar-refractivity contribution is 0.0946. The third-order valence-electron chi connectivity index (χ3n) is 4.34. The van der Waals surface area contributed by atoms with Crippen LogP contribution in [-0.2, 0) is 13.1 Å². The summed E-state index contributed by atoms with van der Waals surface area (Å²) in [6, 6.07) is 14.9. The zero-order valence-corrected chi connectivity index (χ0v) is 16.1. The first-order valence-corrected chi connectivity index (χ1v) is 9.63. The van der Waals surface area contributed by atoms with Crippen LogP contribution in [0.5, 0.6) is 11.5 Å². The molecular weight excluding hydrogens is 392 g/mol. The number of hydrogen-bond acceptors (Lipinski definition) is 7. The molecule has 8 nitrogen and oxygen atoms in total. The first kappa shape index (κ1) is 18.8. The number of fused-ring (bicyclic) bond motifs is 1. The number of amides is 2. The maximum absolute atomic E-state index is 12.5. The molecule has 0 saturated heterocycles. The normalized spacial score (nSPS) is 11.9. The van der Waals surface area contributed by atoms with Crippen molar-refractivity contribution < 1.29 is 19.1 Å². The van der Waals surface area contributed by atoms with Crippen molar-refractivity contribution in [2.24, 2.45) is 0 Å². The van der Waals surface area contributed by atoms with Crippen molar-refractivity contribution >= 4 is 29.0 Å². The van der Waals surface area contributed by atoms with Gasteiger partial charge in [-0.1, -0.05) is 36.4 Å². The van der Waals surface area contributed by atoms with Crippen molar-refractivity contribution in [3.63, 3.8) is 0 Å². The number of nitrogens with two attached hydrogens (primary N) is 1. The molecule has 4 rings (SSSR count). The molecule has 0 atom stereocenters. The second-order valence-electron chi connectivity index (χ2n) is 6.31. The van der Waals surface area contributed by atoms with E-state index in [1.807, 2.05) is 36.4 Å². The molecule has 4 N–H and O–H groups in total. The van der Waals surface area contributed by atoms with Crippen LogP contribution in [0.3, 0.4) is 0 Å². The van der Waals surface area contributed by atoms with Gasteiger partial charge in [0.1, 0.15) is 4.88 Å². The van der Waals surface area contributed by atoms with E-state index in [0.29, 0.717) is 18.0 Å². The van der Waals surface area contributed by atoms with Crippen LogP contribution in [0.15, 0.2) is 48.5 Å². The van der Waals surface area contributed by atoms with E-state index < -0.39 is 5.91 Å². The molecule has 1 aliphatic heterocycles. The number of benzene rings is 2. The van der Waals surface area contributed by atoms with Crippen molar-refractivity contribution in [1.82, 2.24) is 15.0 Å². The van der Waals surface area contributed by atoms with Gasteiger partial charge >= 0.3 is 0 Å². The van der Waals surface area contributed by atoms with Gasteiger partial charge in [-0.05, 0) is 34.8 Å². The highest BCUT2D eigenvalue weighted by Gasteiger charge is 2.22. The second-order valence-corrected chi connectivity index (χ2v) is 7.09. The molecule has 1 aromatic heterocycles. The summed E-state index contributed by atoms with van der Waals surface area (Å²) < 4.78 is 14.7. The quantitative estimate of drug-likeness (QED) is 0.574. The number of carbonyl (C=O) groups excluding carboxylic acids is 2. The van der Waals surface area contributed by atoms with Crippen molar-refractivity contribution in [2.45, 2.75) is 13.1 Å². The van der Waals surface area contributed by atoms with Crippen LogP contribution in [0, 0.1) is 0 Å². The third kappa shape index (κ3) is 4.14. The van der Waals surface area contributed by atoms with Crippen LogP contribution in [-0.4, -0.2) is 23.0 Å². The summed E-state index contributed by atoms with van der Waals surface area (Å²) >= 11 is 0.897. The largest absolute Gasteiger partial charge is 0.454 e. The number of rotatable bonds is 6. The summed E-state index contributed by atoms with van der Waals surface area (Å²) in [6.45, 7) is 0.822. The lowest BCUT2D eigenvalue weighted by atomic mass is 10.2. The summed E-state index contributed by atoms with van der Waals surface area (Å²) in [5.74, 6) is 0.515. The van der Waals surface area contributed by atoms with E-state index in [2.05, 4.69) is 15.0 Å². The van der Waals surface area contributed by atoms with Crippen LogP contribution < -0.4 is 25.8 Å². The van der Waals surface area contributed by atoms with E-state index in [-0.39, 0.29) is 35.5 Å². The Balaban J connectivity index is 1.37. The SMILES string of the molecule is Nc1c(C(=O)NCc2ccccc2)nsc1C(=O)NCc1ccc2c(c1)OCO2. The van der Waals surface area contributed by atoms with Gasteiger partial charge < -0.3 is 25.8 Å². The first-order valence-electron chi connectivity index (χ1n) is 8.86. The lowest BCUT2D eigenvalue weighted by Gasteiger charge is -2.06. The first-order chi connectivity index (χ1) is 14.1. The molecule has 3 aromatic rings. The third-order valence-corrected chi connectivity index (χ3v) is 5.20. The standard InChI is InChI=1S/C20H18N4O4S/c21-16-17(19(25)22-9-12-4-2-1-3-5-12)24-29-18(16)20(26)23-10-13-6-7-14-15(8-13)28-11-27-14/h1-8H,9-11,21H2,(H,22,25)(H,23,26). The van der Waals surface area contributed by atoms with E-state index in [1.54, 1.807) is 12.1 Å². The summed E-state index contributed by atoms with van der Waals surface area (Å²) in [5.41, 5.74) is 7.94. The molecule has 0 radical (unpaired) electrons. The van der Waals surface area contributed by atoms with E-state index >= 15 is 0 Å². The molecule has 0 bridgehead atoms. The van der Waals surface area contributed by atoms with Gasteiger partial charge in [-0.15, -0.1) is 0 Å². The van der Waals surface area contributed by atoms with Crippen LogP contribution in [0.4, 0.5) is 5.69 Å². The van der Waals surface area contributed by atoms with E-state index in [0.717, 1.165) is 22.7 Å². The molecule has 2 aromatic carbocycles. The topological polar surface area (TPSA) is 116 Å². The molecule has 0 unspecified atom stereocenters. The van der Waals surface area contributed by atoms with Gasteiger partial charge in [0.15, 0.2) is 17.2 Å². The number of anilines is 1. The Kier molecular flexibility index (Phi) is 5.30. The summed E-state index contributed by atoms with van der Waals surface area (Å²) in [6.07, 6.45) is 0. The minimum absolute atomic E-state index is 0.0548. The lowest BCUT2D eigenvalue weighted by Crippen LogP contribution is -2.25. The van der Waals surface area contributed by atoms with Crippen molar-refractivity contribution in [2.75, 3.05) is 12.5 Å². The number of aromatic nitrogens is 1. The van der Waals surface area contributed by atoms with Gasteiger partial charge in [-0.3, -0.25) is 9.59 Å². The number of ether oxygens (including phenoxy) is 2. The van der Waals surface area contributed by atoms with Gasteiger partial charge in [0.05, 0.1) is 5.69 Å². The fraction of sp³-hybridized carbons (Fsp3) is 0.150. The van der Waals surface area contributed by atoms with E-state index in [9.17, 15) is 9.59 Å². The Morgan fingerprint density at radius 3 is 2.52 bits per heavy atom. The molecule has 2 amide bonds. The molecule has 0 saturated carbocycles. The Morgan fingerprint density at radius 1 is 0.966 bits per heavy atom. The van der Waals surface area contributed by atoms with Crippen LogP contribution >= 0.6 is 11.5 Å². The van der Waals surface area contributed by atoms with Crippen molar-refractivity contribution in [3.05, 3.63) is 70.2 Å². The predicted octanol–water partition coefficient (Wildman–Crippen LogP) is 2.31. The summed E-state index contributed by atoms with van der Waals surface area (Å²) in [5, 5.41) is 5.54. The fourth-order valence-electron chi connectivity index (χ4n) is 2.80. The molecule has 148 valence electrons. The highest BCUT2D eigenvalue weighted by Crippen LogP contribution is 2.32. The molecule has 0 aliphatic carbocycles. The number of nitrogens with zero attached hydrogens (tertiary/aromatic N) is 1. The Hall–Kier alpha value is -3.59. The van der Waals surface area contributed by atoms with Gasteiger partial charge in [0, 0.05) is 13.1 Å². The van der Waals surface area contributed by atoms with Gasteiger partial charge in [-0.25, -0.2) is 0 Å². The fourth-order valence-corrected chi connectivity index (χ4v) is 3.51. The van der Waals surface area contributed by atoms with Gasteiger partial charge in [0.25, 0.3) is 11.8 Å². The highest BCUT2D eigenvalue weighted by molar-refractivity contribution is 7.09. The van der Waals surface area contributed by atoms with E-state index in [4.69, 9.17) is 15.2 Å². The second kappa shape index (κ2) is 8.19. The molecule has 2 heterocycles. The summed E-state index contributed by atoms with van der Waals surface area (Å²) in [4.78, 5) is 25.0. The molecular formula is C20H18N4O4S. The predicted molar refractivity (Wildman–Crippen MR) is 108 cm³/mol. The zero-order valence-electron chi connectivity index (χ0n) is 15.3. The van der Waals surface area contributed by atoms with E-state index in [1.165, 1.54) is 0 Å². The molecule has 9 heteroatoms. The zero-order chi connectivity index (χ0) is 20.2. The van der Waals surface area contributed by atoms with Crippen LogP contribution in [0.25, 0.3) is 0 Å². The minimum atomic E-state index is -0.419. The Morgan fingerprint density at radius 2 is 1.69 bits per heavy atom. The molecule has 1 aliphatic rings. The van der Waals surface area contributed by atoms with Crippen LogP contribution in [0.2, 0.25) is 0 Å². The van der Waals surface area contributed by atoms with Crippen LogP contribution in [0.1, 0.15) is 31.3 Å². The maximum atomic E-state index is 12.5. The molecule has 0 spiro atoms. The number of hydrogen-bond donors (Lipinski definition) is 3. The molecule has 0 fully saturated rings. The average molecular weight is 410 g/mol. The maximum Gasteiger partial charge on any atom is 0.273 e. The molecule has 29 heavy (non-hydrogen) atoms. The Bertz CT molecular complexity index is 1050. The number of nitrogen functional groups attached to an aromatic ring is 1. The Labute approximate surface area is 170 Å². The van der Waals surface area contributed by atoms with Gasteiger partial charge in [0.2, 0.25) is 6.79 Å². The van der Waals surface area contributed by atoms with Crippen molar-refractivity contribution in [3.8, 4) is 11.5 Å². The summed E-state index contributed by atoms with van der Waals surface area (Å²) in [7, 11) is 0.